The number of carbonyl (C=O) groups is 1. The molecule has 1 amide bonds. The summed E-state index contributed by atoms with van der Waals surface area (Å²) in [7, 11) is 1.59. The number of amides is 1. The highest BCUT2D eigenvalue weighted by molar-refractivity contribution is 5.85. The third-order valence-electron chi connectivity index (χ3n) is 3.98. The lowest BCUT2D eigenvalue weighted by atomic mass is 9.92. The molecule has 1 aromatic rings. The number of nitrogens with one attached hydrogen (secondary N) is 2. The van der Waals surface area contributed by atoms with Crippen molar-refractivity contribution in [3.63, 3.8) is 0 Å². The van der Waals surface area contributed by atoms with E-state index < -0.39 is 0 Å². The molecule has 1 aliphatic rings. The quantitative estimate of drug-likeness (QED) is 0.872. The molecule has 0 spiro atoms. The van der Waals surface area contributed by atoms with Gasteiger partial charge in [0.1, 0.15) is 5.82 Å². The lowest BCUT2D eigenvalue weighted by molar-refractivity contribution is -0.126. The lowest BCUT2D eigenvalue weighted by Crippen LogP contribution is -2.43. The molecule has 0 saturated carbocycles. The predicted molar refractivity (Wildman–Crippen MR) is 86.6 cm³/mol. The Morgan fingerprint density at radius 1 is 1.45 bits per heavy atom. The van der Waals surface area contributed by atoms with Crippen LogP contribution in [0.15, 0.2) is 24.3 Å². The minimum absolute atomic E-state index is 0. The van der Waals surface area contributed by atoms with Gasteiger partial charge in [0.25, 0.3) is 0 Å². The van der Waals surface area contributed by atoms with E-state index in [9.17, 15) is 9.18 Å². The van der Waals surface area contributed by atoms with Crippen molar-refractivity contribution in [2.45, 2.75) is 31.9 Å². The van der Waals surface area contributed by atoms with Gasteiger partial charge in [-0.2, -0.15) is 0 Å². The molecule has 0 radical (unpaired) electrons. The smallest absolute Gasteiger partial charge is 0.223 e. The van der Waals surface area contributed by atoms with Crippen molar-refractivity contribution in [1.82, 2.24) is 10.6 Å². The fourth-order valence-electron chi connectivity index (χ4n) is 2.72. The Balaban J connectivity index is 0.00000242. The Morgan fingerprint density at radius 3 is 2.73 bits per heavy atom. The molecule has 1 aromatic carbocycles. The number of piperidine rings is 1. The van der Waals surface area contributed by atoms with Gasteiger partial charge >= 0.3 is 0 Å². The summed E-state index contributed by atoms with van der Waals surface area (Å²) < 4.78 is 18.3. The minimum Gasteiger partial charge on any atom is -0.375 e. The van der Waals surface area contributed by atoms with Crippen molar-refractivity contribution in [1.29, 1.82) is 0 Å². The molecule has 2 N–H and O–H groups in total. The molecule has 0 aliphatic carbocycles. The second kappa shape index (κ2) is 9.08. The molecule has 1 unspecified atom stereocenters. The first-order valence-electron chi connectivity index (χ1n) is 7.39. The van der Waals surface area contributed by atoms with Crippen molar-refractivity contribution in [3.8, 4) is 0 Å². The lowest BCUT2D eigenvalue weighted by Gasteiger charge is -2.27. The van der Waals surface area contributed by atoms with Crippen LogP contribution in [-0.2, 0) is 9.53 Å². The van der Waals surface area contributed by atoms with Crippen LogP contribution in [0.5, 0.6) is 0 Å². The van der Waals surface area contributed by atoms with Crippen LogP contribution in [0, 0.1) is 11.7 Å². The molecule has 0 bridgehead atoms. The molecule has 3 atom stereocenters. The van der Waals surface area contributed by atoms with Crippen molar-refractivity contribution >= 4 is 18.3 Å². The second-order valence-electron chi connectivity index (χ2n) is 5.60. The van der Waals surface area contributed by atoms with Crippen molar-refractivity contribution in [2.75, 3.05) is 20.2 Å². The molecular weight excluding hydrogens is 307 g/mol. The number of hydrogen-bond acceptors (Lipinski definition) is 3. The van der Waals surface area contributed by atoms with Crippen LogP contribution < -0.4 is 10.6 Å². The summed E-state index contributed by atoms with van der Waals surface area (Å²) in [4.78, 5) is 12.2. The maximum absolute atomic E-state index is 12.9. The predicted octanol–water partition coefficient (Wildman–Crippen LogP) is 2.44. The van der Waals surface area contributed by atoms with Crippen molar-refractivity contribution in [3.05, 3.63) is 35.6 Å². The summed E-state index contributed by atoms with van der Waals surface area (Å²) in [6.45, 7) is 3.38. The Kier molecular flexibility index (Phi) is 7.79. The summed E-state index contributed by atoms with van der Waals surface area (Å²) in [5.74, 6) is -0.138. The van der Waals surface area contributed by atoms with Crippen LogP contribution >= 0.6 is 12.4 Å². The average Bonchev–Trinajstić information content (AvgIpc) is 2.49. The molecule has 22 heavy (non-hydrogen) atoms. The number of halogens is 2. The van der Waals surface area contributed by atoms with Gasteiger partial charge in [-0.15, -0.1) is 12.4 Å². The normalized spacial score (nSPS) is 22.5. The van der Waals surface area contributed by atoms with E-state index in [4.69, 9.17) is 4.74 Å². The summed E-state index contributed by atoms with van der Waals surface area (Å²) in [6, 6.07) is 6.55. The van der Waals surface area contributed by atoms with Crippen LogP contribution in [0.1, 0.15) is 31.4 Å². The van der Waals surface area contributed by atoms with Gasteiger partial charge in [0, 0.05) is 25.6 Å². The van der Waals surface area contributed by atoms with Gasteiger partial charge in [0.05, 0.1) is 6.10 Å². The molecule has 1 heterocycles. The highest BCUT2D eigenvalue weighted by atomic mass is 35.5. The number of carbonyl (C=O) groups excluding carboxylic acids is 1. The Hall–Kier alpha value is -1.17. The highest BCUT2D eigenvalue weighted by Gasteiger charge is 2.25. The summed E-state index contributed by atoms with van der Waals surface area (Å²) >= 11 is 0. The number of ether oxygens (including phenoxy) is 1. The number of methoxy groups -OCH3 is 1. The minimum atomic E-state index is -0.277. The van der Waals surface area contributed by atoms with Gasteiger partial charge in [0.2, 0.25) is 5.91 Å². The second-order valence-corrected chi connectivity index (χ2v) is 5.60. The van der Waals surface area contributed by atoms with Gasteiger partial charge in [-0.1, -0.05) is 12.1 Å². The zero-order valence-electron chi connectivity index (χ0n) is 13.0. The molecule has 2 rings (SSSR count). The molecule has 1 aliphatic heterocycles. The van der Waals surface area contributed by atoms with E-state index in [0.29, 0.717) is 12.6 Å². The van der Waals surface area contributed by atoms with Crippen molar-refractivity contribution < 1.29 is 13.9 Å². The summed E-state index contributed by atoms with van der Waals surface area (Å²) in [5, 5.41) is 6.29. The first-order valence-corrected chi connectivity index (χ1v) is 7.39. The molecule has 4 nitrogen and oxygen atoms in total. The van der Waals surface area contributed by atoms with Gasteiger partial charge in [-0.3, -0.25) is 4.79 Å². The van der Waals surface area contributed by atoms with E-state index in [0.717, 1.165) is 24.9 Å². The summed E-state index contributed by atoms with van der Waals surface area (Å²) in [5.41, 5.74) is 0.859. The maximum atomic E-state index is 12.9. The van der Waals surface area contributed by atoms with Gasteiger partial charge in [-0.05, 0) is 44.0 Å². The fourth-order valence-corrected chi connectivity index (χ4v) is 2.72. The highest BCUT2D eigenvalue weighted by Crippen LogP contribution is 2.18. The number of benzene rings is 1. The van der Waals surface area contributed by atoms with Gasteiger partial charge in [-0.25, -0.2) is 4.39 Å². The number of rotatable bonds is 5. The summed E-state index contributed by atoms with van der Waals surface area (Å²) in [6.07, 6.45) is 1.47. The van der Waals surface area contributed by atoms with E-state index in [2.05, 4.69) is 17.6 Å². The zero-order chi connectivity index (χ0) is 15.2. The Bertz CT molecular complexity index is 470. The van der Waals surface area contributed by atoms with E-state index >= 15 is 0 Å². The van der Waals surface area contributed by atoms with Crippen LogP contribution in [0.3, 0.4) is 0 Å². The molecule has 1 fully saturated rings. The van der Waals surface area contributed by atoms with Crippen LogP contribution in [-0.4, -0.2) is 32.1 Å². The topological polar surface area (TPSA) is 50.4 Å². The van der Waals surface area contributed by atoms with Gasteiger partial charge < -0.3 is 15.4 Å². The SMILES string of the molecule is COC(CNC(=O)[C@H]1CCN[C@@H](C)C1)c1ccc(F)cc1.Cl. The molecule has 6 heteroatoms. The maximum Gasteiger partial charge on any atom is 0.223 e. The Morgan fingerprint density at radius 2 is 2.14 bits per heavy atom. The first-order chi connectivity index (χ1) is 10.1. The van der Waals surface area contributed by atoms with Crippen LogP contribution in [0.2, 0.25) is 0 Å². The molecule has 0 aromatic heterocycles. The third kappa shape index (κ3) is 5.23. The van der Waals surface area contributed by atoms with E-state index in [1.54, 1.807) is 19.2 Å². The molecule has 1 saturated heterocycles. The van der Waals surface area contributed by atoms with E-state index in [-0.39, 0.29) is 36.2 Å². The first kappa shape index (κ1) is 18.9. The third-order valence-corrected chi connectivity index (χ3v) is 3.98. The molecular formula is C16H24ClFN2O2. The van der Waals surface area contributed by atoms with Crippen LogP contribution in [0.25, 0.3) is 0 Å². The van der Waals surface area contributed by atoms with Crippen LogP contribution in [0.4, 0.5) is 4.39 Å². The zero-order valence-corrected chi connectivity index (χ0v) is 13.8. The average molecular weight is 331 g/mol. The monoisotopic (exact) mass is 330 g/mol. The van der Waals surface area contributed by atoms with E-state index in [1.807, 2.05) is 0 Å². The Labute approximate surface area is 137 Å². The fraction of sp³-hybridized carbons (Fsp3) is 0.562. The standard InChI is InChI=1S/C16H23FN2O2.ClH/c1-11-9-13(7-8-18-11)16(20)19-10-15(21-2)12-3-5-14(17)6-4-12;/h3-6,11,13,15,18H,7-10H2,1-2H3,(H,19,20);1H/t11-,13-,15?;/m0./s1. The van der Waals surface area contributed by atoms with Crippen molar-refractivity contribution in [2.24, 2.45) is 5.92 Å². The number of hydrogen-bond donors (Lipinski definition) is 2. The van der Waals surface area contributed by atoms with Gasteiger partial charge in [0.15, 0.2) is 0 Å². The van der Waals surface area contributed by atoms with E-state index in [1.165, 1.54) is 12.1 Å². The largest absolute Gasteiger partial charge is 0.375 e. The molecule has 124 valence electrons.